The van der Waals surface area contributed by atoms with E-state index in [0.717, 1.165) is 26.0 Å². The molecule has 1 atom stereocenters. The lowest BCUT2D eigenvalue weighted by molar-refractivity contribution is 0.189. The summed E-state index contributed by atoms with van der Waals surface area (Å²) in [4.78, 5) is 0. The Morgan fingerprint density at radius 3 is 2.69 bits per heavy atom. The van der Waals surface area contributed by atoms with E-state index in [4.69, 9.17) is 4.74 Å². The predicted molar refractivity (Wildman–Crippen MR) is 68.7 cm³/mol. The van der Waals surface area contributed by atoms with Gasteiger partial charge in [-0.3, -0.25) is 0 Å². The molecule has 0 aliphatic carbocycles. The van der Waals surface area contributed by atoms with Crippen molar-refractivity contribution in [1.29, 1.82) is 0 Å². The van der Waals surface area contributed by atoms with Gasteiger partial charge in [0, 0.05) is 19.8 Å². The predicted octanol–water partition coefficient (Wildman–Crippen LogP) is 3.07. The van der Waals surface area contributed by atoms with Gasteiger partial charge in [-0.1, -0.05) is 31.2 Å². The molecule has 1 unspecified atom stereocenters. The quantitative estimate of drug-likeness (QED) is 0.714. The van der Waals surface area contributed by atoms with Gasteiger partial charge < -0.3 is 10.1 Å². The van der Waals surface area contributed by atoms with E-state index in [1.54, 1.807) is 7.11 Å². The number of ether oxygens (including phenoxy) is 1. The Morgan fingerprint density at radius 2 is 2.06 bits per heavy atom. The van der Waals surface area contributed by atoms with Gasteiger partial charge in [-0.05, 0) is 37.4 Å². The second-order valence-electron chi connectivity index (χ2n) is 4.10. The van der Waals surface area contributed by atoms with Gasteiger partial charge >= 0.3 is 0 Å². The van der Waals surface area contributed by atoms with Gasteiger partial charge in [-0.15, -0.1) is 0 Å². The molecular formula is C14H23NO. The lowest BCUT2D eigenvalue weighted by Gasteiger charge is -2.20. The van der Waals surface area contributed by atoms with Crippen LogP contribution in [0.25, 0.3) is 0 Å². The van der Waals surface area contributed by atoms with Gasteiger partial charge in [-0.25, -0.2) is 0 Å². The van der Waals surface area contributed by atoms with Crippen molar-refractivity contribution in [2.75, 3.05) is 20.3 Å². The minimum atomic E-state index is 0.460. The first-order valence-corrected chi connectivity index (χ1v) is 6.07. The third kappa shape index (κ3) is 3.95. The summed E-state index contributed by atoms with van der Waals surface area (Å²) in [7, 11) is 1.76. The van der Waals surface area contributed by atoms with Crippen LogP contribution in [0.4, 0.5) is 0 Å². The summed E-state index contributed by atoms with van der Waals surface area (Å²) in [5, 5.41) is 3.54. The number of hydrogen-bond acceptors (Lipinski definition) is 2. The molecule has 2 heteroatoms. The van der Waals surface area contributed by atoms with E-state index < -0.39 is 0 Å². The van der Waals surface area contributed by atoms with Crippen molar-refractivity contribution in [3.8, 4) is 0 Å². The zero-order valence-corrected chi connectivity index (χ0v) is 10.6. The Hall–Kier alpha value is -0.860. The first-order chi connectivity index (χ1) is 7.79. The van der Waals surface area contributed by atoms with Crippen molar-refractivity contribution < 1.29 is 4.74 Å². The second kappa shape index (κ2) is 7.42. The van der Waals surface area contributed by atoms with E-state index in [0.29, 0.717) is 6.04 Å². The van der Waals surface area contributed by atoms with E-state index in [1.807, 2.05) is 0 Å². The summed E-state index contributed by atoms with van der Waals surface area (Å²) in [6.45, 7) is 6.18. The van der Waals surface area contributed by atoms with Crippen molar-refractivity contribution in [1.82, 2.24) is 5.32 Å². The van der Waals surface area contributed by atoms with E-state index in [2.05, 4.69) is 43.4 Å². The molecule has 1 aromatic rings. The monoisotopic (exact) mass is 221 g/mol. The molecule has 0 radical (unpaired) electrons. The Balaban J connectivity index is 2.65. The molecule has 1 aromatic carbocycles. The maximum absolute atomic E-state index is 5.11. The number of aryl methyl sites for hydroxylation is 1. The van der Waals surface area contributed by atoms with Gasteiger partial charge in [0.25, 0.3) is 0 Å². The number of nitrogens with one attached hydrogen (secondary N) is 1. The number of hydrogen-bond donors (Lipinski definition) is 1. The molecule has 0 aliphatic rings. The molecule has 1 rings (SSSR count). The van der Waals surface area contributed by atoms with Crippen LogP contribution in [0, 0.1) is 6.92 Å². The van der Waals surface area contributed by atoms with E-state index in [-0.39, 0.29) is 0 Å². The molecule has 0 fully saturated rings. The minimum Gasteiger partial charge on any atom is -0.385 e. The molecule has 0 spiro atoms. The van der Waals surface area contributed by atoms with Gasteiger partial charge in [0.1, 0.15) is 0 Å². The van der Waals surface area contributed by atoms with Gasteiger partial charge in [0.05, 0.1) is 0 Å². The molecule has 0 bridgehead atoms. The van der Waals surface area contributed by atoms with Crippen LogP contribution in [0.1, 0.15) is 36.9 Å². The fourth-order valence-electron chi connectivity index (χ4n) is 2.02. The SMILES string of the molecule is CCNC(CCCOC)c1ccccc1C. The number of benzene rings is 1. The Morgan fingerprint density at radius 1 is 1.31 bits per heavy atom. The zero-order chi connectivity index (χ0) is 11.8. The van der Waals surface area contributed by atoms with E-state index in [9.17, 15) is 0 Å². The van der Waals surface area contributed by atoms with Crippen molar-refractivity contribution in [3.05, 3.63) is 35.4 Å². The normalized spacial score (nSPS) is 12.7. The summed E-state index contributed by atoms with van der Waals surface area (Å²) in [5.74, 6) is 0. The van der Waals surface area contributed by atoms with Crippen LogP contribution in [0.5, 0.6) is 0 Å². The molecule has 0 saturated carbocycles. The van der Waals surface area contributed by atoms with E-state index >= 15 is 0 Å². The molecule has 2 nitrogen and oxygen atoms in total. The lowest BCUT2D eigenvalue weighted by atomic mass is 9.97. The van der Waals surface area contributed by atoms with Crippen molar-refractivity contribution in [2.45, 2.75) is 32.7 Å². The smallest absolute Gasteiger partial charge is 0.0462 e. The van der Waals surface area contributed by atoms with Crippen LogP contribution in [0.15, 0.2) is 24.3 Å². The van der Waals surface area contributed by atoms with Crippen LogP contribution in [0.2, 0.25) is 0 Å². The van der Waals surface area contributed by atoms with Crippen LogP contribution in [0.3, 0.4) is 0 Å². The molecule has 16 heavy (non-hydrogen) atoms. The number of methoxy groups -OCH3 is 1. The molecule has 0 aliphatic heterocycles. The Kier molecular flexibility index (Phi) is 6.12. The molecule has 0 amide bonds. The van der Waals surface area contributed by atoms with E-state index in [1.165, 1.54) is 11.1 Å². The van der Waals surface area contributed by atoms with Gasteiger partial charge in [0.15, 0.2) is 0 Å². The molecule has 0 saturated heterocycles. The highest BCUT2D eigenvalue weighted by Gasteiger charge is 2.11. The van der Waals surface area contributed by atoms with Crippen LogP contribution in [-0.4, -0.2) is 20.3 Å². The maximum atomic E-state index is 5.11. The van der Waals surface area contributed by atoms with Crippen molar-refractivity contribution in [2.24, 2.45) is 0 Å². The highest BCUT2D eigenvalue weighted by molar-refractivity contribution is 5.28. The first-order valence-electron chi connectivity index (χ1n) is 6.07. The average molecular weight is 221 g/mol. The van der Waals surface area contributed by atoms with Crippen LogP contribution >= 0.6 is 0 Å². The maximum Gasteiger partial charge on any atom is 0.0462 e. The van der Waals surface area contributed by atoms with Crippen LogP contribution < -0.4 is 5.32 Å². The summed E-state index contributed by atoms with van der Waals surface area (Å²) < 4.78 is 5.11. The summed E-state index contributed by atoms with van der Waals surface area (Å²) in [6, 6.07) is 9.06. The Bertz CT molecular complexity index is 299. The highest BCUT2D eigenvalue weighted by atomic mass is 16.5. The molecule has 0 heterocycles. The third-order valence-corrected chi connectivity index (χ3v) is 2.86. The van der Waals surface area contributed by atoms with Crippen LogP contribution in [-0.2, 0) is 4.74 Å². The second-order valence-corrected chi connectivity index (χ2v) is 4.10. The minimum absolute atomic E-state index is 0.460. The molecular weight excluding hydrogens is 198 g/mol. The lowest BCUT2D eigenvalue weighted by Crippen LogP contribution is -2.22. The summed E-state index contributed by atoms with van der Waals surface area (Å²) in [6.07, 6.45) is 2.23. The van der Waals surface area contributed by atoms with Crippen molar-refractivity contribution >= 4 is 0 Å². The standard InChI is InChI=1S/C14H23NO/c1-4-15-14(10-7-11-16-3)13-9-6-5-8-12(13)2/h5-6,8-9,14-15H,4,7,10-11H2,1-3H3. The van der Waals surface area contributed by atoms with Gasteiger partial charge in [0.2, 0.25) is 0 Å². The average Bonchev–Trinajstić information content (AvgIpc) is 2.29. The highest BCUT2D eigenvalue weighted by Crippen LogP contribution is 2.21. The first kappa shape index (κ1) is 13.2. The molecule has 90 valence electrons. The fraction of sp³-hybridized carbons (Fsp3) is 0.571. The molecule has 0 aromatic heterocycles. The topological polar surface area (TPSA) is 21.3 Å². The largest absolute Gasteiger partial charge is 0.385 e. The van der Waals surface area contributed by atoms with Gasteiger partial charge in [-0.2, -0.15) is 0 Å². The Labute approximate surface area is 99.0 Å². The molecule has 1 N–H and O–H groups in total. The fourth-order valence-corrected chi connectivity index (χ4v) is 2.02. The summed E-state index contributed by atoms with van der Waals surface area (Å²) in [5.41, 5.74) is 2.78. The van der Waals surface area contributed by atoms with Crippen molar-refractivity contribution in [3.63, 3.8) is 0 Å². The number of rotatable bonds is 7. The third-order valence-electron chi connectivity index (χ3n) is 2.86. The zero-order valence-electron chi connectivity index (χ0n) is 10.6. The summed E-state index contributed by atoms with van der Waals surface area (Å²) >= 11 is 0.